The van der Waals surface area contributed by atoms with Crippen LogP contribution >= 0.6 is 0 Å². The molecule has 0 radical (unpaired) electrons. The van der Waals surface area contributed by atoms with Gasteiger partial charge in [-0.2, -0.15) is 31.4 Å². The molecular formula is C28H27F6N5O5. The predicted octanol–water partition coefficient (Wildman–Crippen LogP) is 5.45. The third-order valence-electron chi connectivity index (χ3n) is 6.26. The van der Waals surface area contributed by atoms with E-state index in [4.69, 9.17) is 34.6 Å². The zero-order valence-electron chi connectivity index (χ0n) is 23.1. The number of carboxylic acids is 2. The average molecular weight is 628 g/mol. The molecule has 0 spiro atoms. The lowest BCUT2D eigenvalue weighted by Crippen LogP contribution is -2.34. The van der Waals surface area contributed by atoms with Gasteiger partial charge in [-0.15, -0.1) is 0 Å². The van der Waals surface area contributed by atoms with Crippen LogP contribution in [0.5, 0.6) is 5.75 Å². The first-order valence-corrected chi connectivity index (χ1v) is 12.9. The molecule has 1 aromatic carbocycles. The van der Waals surface area contributed by atoms with Crippen LogP contribution in [0, 0.1) is 0 Å². The number of hydrogen-bond acceptors (Lipinski definition) is 7. The van der Waals surface area contributed by atoms with E-state index in [9.17, 15) is 26.3 Å². The van der Waals surface area contributed by atoms with Gasteiger partial charge < -0.3 is 14.9 Å². The van der Waals surface area contributed by atoms with E-state index in [2.05, 4.69) is 40.3 Å². The number of aliphatic carboxylic acids is 2. The molecule has 16 heteroatoms. The molecule has 0 bridgehead atoms. The Morgan fingerprint density at radius 2 is 1.59 bits per heavy atom. The summed E-state index contributed by atoms with van der Waals surface area (Å²) in [6.07, 6.45) is -2.09. The van der Waals surface area contributed by atoms with Gasteiger partial charge >= 0.3 is 24.3 Å². The summed E-state index contributed by atoms with van der Waals surface area (Å²) in [6, 6.07) is 16.4. The van der Waals surface area contributed by atoms with Crippen molar-refractivity contribution in [2.75, 3.05) is 20.2 Å². The standard InChI is InChI=1S/C24H25N5O.2C2HF3O2/c1-30-22-6-2-4-19(14-22)20-7-8-23-26-24(27-29(23)17-20)21-5-3-13-28(16-21)15-18-9-11-25-12-10-18;2*3-2(4,5)1(6)7/h2,4,6-12,14,17,21H,3,5,13,15-16H2,1H3;2*(H,6,7). The number of aromatic nitrogens is 4. The number of carboxylic acid groups (broad SMARTS) is 2. The molecule has 0 aliphatic carbocycles. The van der Waals surface area contributed by atoms with Crippen LogP contribution in [0.2, 0.25) is 0 Å². The second-order valence-corrected chi connectivity index (χ2v) is 9.46. The van der Waals surface area contributed by atoms with Gasteiger partial charge in [-0.1, -0.05) is 12.1 Å². The second-order valence-electron chi connectivity index (χ2n) is 9.46. The normalized spacial score (nSPS) is 15.4. The monoisotopic (exact) mass is 627 g/mol. The van der Waals surface area contributed by atoms with E-state index in [1.54, 1.807) is 7.11 Å². The van der Waals surface area contributed by atoms with Gasteiger partial charge in [-0.05, 0) is 66.9 Å². The summed E-state index contributed by atoms with van der Waals surface area (Å²) < 4.78 is 70.7. The average Bonchev–Trinajstić information content (AvgIpc) is 3.41. The fraction of sp³-hybridized carbons (Fsp3) is 0.321. The van der Waals surface area contributed by atoms with Crippen molar-refractivity contribution in [1.82, 2.24) is 24.5 Å². The van der Waals surface area contributed by atoms with Gasteiger partial charge in [0, 0.05) is 43.2 Å². The SMILES string of the molecule is COc1cccc(-c2ccc3nc(C4CCCN(Cc5ccncc5)C4)nn3c2)c1.O=C(O)C(F)(F)F.O=C(O)C(F)(F)F. The molecule has 2 N–H and O–H groups in total. The van der Waals surface area contributed by atoms with Gasteiger partial charge in [0.15, 0.2) is 11.5 Å². The van der Waals surface area contributed by atoms with Gasteiger partial charge in [0.2, 0.25) is 0 Å². The number of fused-ring (bicyclic) bond motifs is 1. The van der Waals surface area contributed by atoms with E-state index in [-0.39, 0.29) is 0 Å². The topological polar surface area (TPSA) is 130 Å². The van der Waals surface area contributed by atoms with Crippen LogP contribution in [0.4, 0.5) is 26.3 Å². The molecule has 44 heavy (non-hydrogen) atoms. The minimum absolute atomic E-state index is 0.362. The fourth-order valence-electron chi connectivity index (χ4n) is 4.20. The summed E-state index contributed by atoms with van der Waals surface area (Å²) in [7, 11) is 1.69. The Morgan fingerprint density at radius 3 is 2.18 bits per heavy atom. The lowest BCUT2D eigenvalue weighted by molar-refractivity contribution is -0.193. The van der Waals surface area contributed by atoms with E-state index < -0.39 is 24.3 Å². The van der Waals surface area contributed by atoms with Crippen LogP contribution in [0.15, 0.2) is 67.1 Å². The van der Waals surface area contributed by atoms with Crippen molar-refractivity contribution in [2.24, 2.45) is 0 Å². The first-order chi connectivity index (χ1) is 20.7. The molecule has 1 atom stereocenters. The number of likely N-dealkylation sites (tertiary alicyclic amines) is 1. The quantitative estimate of drug-likeness (QED) is 0.278. The number of hydrogen-bond donors (Lipinski definition) is 2. The first kappa shape index (κ1) is 33.8. The van der Waals surface area contributed by atoms with E-state index in [1.165, 1.54) is 12.0 Å². The number of benzene rings is 1. The zero-order chi connectivity index (χ0) is 32.5. The molecule has 1 fully saturated rings. The van der Waals surface area contributed by atoms with Crippen molar-refractivity contribution in [2.45, 2.75) is 37.7 Å². The minimum Gasteiger partial charge on any atom is -0.497 e. The van der Waals surface area contributed by atoms with Crippen molar-refractivity contribution < 1.29 is 50.9 Å². The number of methoxy groups -OCH3 is 1. The predicted molar refractivity (Wildman–Crippen MR) is 144 cm³/mol. The Morgan fingerprint density at radius 1 is 0.955 bits per heavy atom. The molecule has 1 aliphatic rings. The first-order valence-electron chi connectivity index (χ1n) is 12.9. The van der Waals surface area contributed by atoms with E-state index in [0.717, 1.165) is 54.4 Å². The van der Waals surface area contributed by atoms with Crippen LogP contribution in [-0.2, 0) is 16.1 Å². The smallest absolute Gasteiger partial charge is 0.490 e. The Kier molecular flexibility index (Phi) is 11.2. The second kappa shape index (κ2) is 14.6. The van der Waals surface area contributed by atoms with Crippen LogP contribution in [0.25, 0.3) is 16.8 Å². The lowest BCUT2D eigenvalue weighted by Gasteiger charge is -2.31. The van der Waals surface area contributed by atoms with Crippen LogP contribution in [-0.4, -0.2) is 79.2 Å². The van der Waals surface area contributed by atoms with E-state index in [0.29, 0.717) is 5.92 Å². The highest BCUT2D eigenvalue weighted by molar-refractivity contribution is 5.73. The maximum absolute atomic E-state index is 10.6. The molecular weight excluding hydrogens is 600 g/mol. The highest BCUT2D eigenvalue weighted by Crippen LogP contribution is 2.28. The summed E-state index contributed by atoms with van der Waals surface area (Å²) in [5.74, 6) is -3.36. The van der Waals surface area contributed by atoms with Gasteiger partial charge in [-0.3, -0.25) is 9.88 Å². The summed E-state index contributed by atoms with van der Waals surface area (Å²) in [5.41, 5.74) is 4.40. The molecule has 0 amide bonds. The van der Waals surface area contributed by atoms with Crippen molar-refractivity contribution >= 4 is 17.6 Å². The molecule has 10 nitrogen and oxygen atoms in total. The number of piperidine rings is 1. The molecule has 5 rings (SSSR count). The van der Waals surface area contributed by atoms with Crippen LogP contribution in [0.1, 0.15) is 30.1 Å². The van der Waals surface area contributed by atoms with Crippen molar-refractivity contribution in [3.8, 4) is 16.9 Å². The van der Waals surface area contributed by atoms with E-state index >= 15 is 0 Å². The van der Waals surface area contributed by atoms with Crippen molar-refractivity contribution in [3.05, 3.63) is 78.5 Å². The third kappa shape index (κ3) is 9.93. The Balaban J connectivity index is 0.000000317. The highest BCUT2D eigenvalue weighted by Gasteiger charge is 2.38. The molecule has 3 aromatic heterocycles. The number of alkyl halides is 6. The Hall–Kier alpha value is -4.73. The zero-order valence-corrected chi connectivity index (χ0v) is 23.1. The molecule has 4 heterocycles. The number of nitrogens with zero attached hydrogens (tertiary/aromatic N) is 5. The van der Waals surface area contributed by atoms with Crippen molar-refractivity contribution in [3.63, 3.8) is 0 Å². The number of pyridine rings is 2. The van der Waals surface area contributed by atoms with E-state index in [1.807, 2.05) is 41.2 Å². The van der Waals surface area contributed by atoms with Gasteiger partial charge in [-0.25, -0.2) is 19.1 Å². The van der Waals surface area contributed by atoms with Gasteiger partial charge in [0.05, 0.1) is 7.11 Å². The summed E-state index contributed by atoms with van der Waals surface area (Å²) in [4.78, 5) is 29.2. The minimum atomic E-state index is -5.08. The molecule has 0 saturated carbocycles. The maximum Gasteiger partial charge on any atom is 0.490 e. The lowest BCUT2D eigenvalue weighted by atomic mass is 9.97. The largest absolute Gasteiger partial charge is 0.497 e. The number of rotatable bonds is 5. The van der Waals surface area contributed by atoms with Gasteiger partial charge in [0.25, 0.3) is 0 Å². The third-order valence-corrected chi connectivity index (χ3v) is 6.26. The molecule has 1 aliphatic heterocycles. The summed E-state index contributed by atoms with van der Waals surface area (Å²) in [5, 5.41) is 19.1. The van der Waals surface area contributed by atoms with Gasteiger partial charge in [0.1, 0.15) is 5.75 Å². The maximum atomic E-state index is 10.6. The summed E-state index contributed by atoms with van der Waals surface area (Å²) >= 11 is 0. The Labute approximate surface area is 246 Å². The van der Waals surface area contributed by atoms with Crippen LogP contribution < -0.4 is 4.74 Å². The Bertz CT molecular complexity index is 1520. The highest BCUT2D eigenvalue weighted by atomic mass is 19.4. The molecule has 1 saturated heterocycles. The number of carbonyl (C=O) groups is 2. The molecule has 4 aromatic rings. The van der Waals surface area contributed by atoms with Crippen molar-refractivity contribution in [1.29, 1.82) is 0 Å². The number of ether oxygens (including phenoxy) is 1. The molecule has 1 unspecified atom stereocenters. The van der Waals surface area contributed by atoms with Crippen LogP contribution in [0.3, 0.4) is 0 Å². The summed E-state index contributed by atoms with van der Waals surface area (Å²) in [6.45, 7) is 3.06. The fourth-order valence-corrected chi connectivity index (χ4v) is 4.20. The number of halogens is 6. The molecule has 236 valence electrons.